The highest BCUT2D eigenvalue weighted by Gasteiger charge is 2.48. The smallest absolute Gasteiger partial charge is 0.249 e. The fourth-order valence-corrected chi connectivity index (χ4v) is 8.91. The quantitative estimate of drug-likeness (QED) is 0.0273. The summed E-state index contributed by atoms with van der Waals surface area (Å²) in [6.07, 6.45) is 14.4. The van der Waals surface area contributed by atoms with Gasteiger partial charge in [0.15, 0.2) is 12.6 Å². The molecule has 2 heterocycles. The number of rotatable bonds is 41. The second-order valence-corrected chi connectivity index (χ2v) is 19.9. The molecule has 402 valence electrons. The summed E-state index contributed by atoms with van der Waals surface area (Å²) in [6, 6.07) is -1.32. The molecule has 0 aromatic carbocycles. The van der Waals surface area contributed by atoms with Crippen LogP contribution in [0.2, 0.25) is 0 Å². The molecule has 2 aliphatic rings. The Morgan fingerprint density at radius 3 is 1.51 bits per heavy atom. The van der Waals surface area contributed by atoms with Gasteiger partial charge in [-0.3, -0.25) is 4.79 Å². The Kier molecular flexibility index (Phi) is 35.3. The minimum absolute atomic E-state index is 0.194. The second-order valence-electron chi connectivity index (χ2n) is 19.9. The number of carbonyl (C=O) groups is 1. The van der Waals surface area contributed by atoms with Crippen LogP contribution in [0.5, 0.6) is 0 Å². The standard InChI is InChI=1S/C52H99NO15/c1-4-6-7-8-9-10-11-12-13-14-15-16-17-18-19-24-27-30-33-40(56)50(64)53-38(43(57)39(55)32-29-26-23-21-20-22-25-28-31-37(3)5-2)35-65-51-49(63)47(61)45(59)42(68-51)36-66-52-48(62)46(60)44(58)41(34-54)67-52/h29,32,37-49,51-52,54-63H,4-28,30-31,33-36H2,1-3H3,(H,53,64)/b32-29+/t37?,38-,39+,40+,41+,42+,43-,44-,45+,46-,47-,48+,49+,51+,52-/m0/s1. The Morgan fingerprint density at radius 2 is 1.01 bits per heavy atom. The van der Waals surface area contributed by atoms with Gasteiger partial charge in [-0.15, -0.1) is 0 Å². The van der Waals surface area contributed by atoms with Crippen molar-refractivity contribution in [1.29, 1.82) is 0 Å². The molecule has 15 atom stereocenters. The summed E-state index contributed by atoms with van der Waals surface area (Å²) in [4.78, 5) is 13.3. The molecule has 0 radical (unpaired) electrons. The van der Waals surface area contributed by atoms with Crippen molar-refractivity contribution in [3.63, 3.8) is 0 Å². The average molecular weight is 978 g/mol. The molecule has 2 rings (SSSR count). The maximum atomic E-state index is 13.3. The van der Waals surface area contributed by atoms with Crippen LogP contribution in [0, 0.1) is 5.92 Å². The molecule has 11 N–H and O–H groups in total. The first-order valence-corrected chi connectivity index (χ1v) is 27.0. The van der Waals surface area contributed by atoms with Crippen LogP contribution < -0.4 is 5.32 Å². The lowest BCUT2D eigenvalue weighted by Gasteiger charge is -2.43. The van der Waals surface area contributed by atoms with Gasteiger partial charge in [0.05, 0.1) is 25.9 Å². The number of ether oxygens (including phenoxy) is 4. The molecule has 16 heteroatoms. The van der Waals surface area contributed by atoms with Crippen LogP contribution in [0.25, 0.3) is 0 Å². The van der Waals surface area contributed by atoms with E-state index in [1.807, 2.05) is 0 Å². The van der Waals surface area contributed by atoms with Gasteiger partial charge in [0, 0.05) is 0 Å². The van der Waals surface area contributed by atoms with Crippen molar-refractivity contribution in [3.8, 4) is 0 Å². The van der Waals surface area contributed by atoms with Crippen LogP contribution >= 0.6 is 0 Å². The molecule has 0 bridgehead atoms. The molecule has 2 aliphatic heterocycles. The summed E-state index contributed by atoms with van der Waals surface area (Å²) in [5.41, 5.74) is 0. The third-order valence-corrected chi connectivity index (χ3v) is 14.0. The van der Waals surface area contributed by atoms with Crippen molar-refractivity contribution in [2.45, 2.75) is 286 Å². The van der Waals surface area contributed by atoms with E-state index < -0.39 is 111 Å². The number of unbranched alkanes of at least 4 members (excludes halogenated alkanes) is 23. The van der Waals surface area contributed by atoms with E-state index in [2.05, 4.69) is 26.1 Å². The number of hydrogen-bond acceptors (Lipinski definition) is 15. The number of carbonyl (C=O) groups excluding carboxylic acids is 1. The highest BCUT2D eigenvalue weighted by Crippen LogP contribution is 2.27. The van der Waals surface area contributed by atoms with Crippen LogP contribution in [-0.2, 0) is 23.7 Å². The minimum Gasteiger partial charge on any atom is -0.394 e. The molecule has 2 saturated heterocycles. The molecular weight excluding hydrogens is 879 g/mol. The van der Waals surface area contributed by atoms with Gasteiger partial charge in [0.1, 0.15) is 67.1 Å². The lowest BCUT2D eigenvalue weighted by molar-refractivity contribution is -0.331. The Labute approximate surface area is 409 Å². The average Bonchev–Trinajstić information content (AvgIpc) is 3.33. The van der Waals surface area contributed by atoms with E-state index >= 15 is 0 Å². The summed E-state index contributed by atoms with van der Waals surface area (Å²) in [5.74, 6) is -0.0199. The van der Waals surface area contributed by atoms with Crippen LogP contribution in [0.1, 0.15) is 201 Å². The molecule has 2 fully saturated rings. The lowest BCUT2D eigenvalue weighted by Crippen LogP contribution is -2.62. The number of nitrogens with one attached hydrogen (secondary N) is 1. The van der Waals surface area contributed by atoms with Gasteiger partial charge in [-0.25, -0.2) is 0 Å². The fourth-order valence-electron chi connectivity index (χ4n) is 8.91. The maximum absolute atomic E-state index is 13.3. The minimum atomic E-state index is -1.83. The van der Waals surface area contributed by atoms with Crippen LogP contribution in [0.3, 0.4) is 0 Å². The predicted molar refractivity (Wildman–Crippen MR) is 261 cm³/mol. The largest absolute Gasteiger partial charge is 0.394 e. The van der Waals surface area contributed by atoms with E-state index in [1.165, 1.54) is 122 Å². The van der Waals surface area contributed by atoms with E-state index in [0.717, 1.165) is 50.9 Å². The number of hydrogen-bond donors (Lipinski definition) is 11. The highest BCUT2D eigenvalue weighted by molar-refractivity contribution is 5.80. The first-order chi connectivity index (χ1) is 32.8. The molecular formula is C52H99NO15. The Bertz CT molecular complexity index is 1250. The zero-order valence-electron chi connectivity index (χ0n) is 42.2. The predicted octanol–water partition coefficient (Wildman–Crippen LogP) is 5.35. The van der Waals surface area contributed by atoms with Crippen LogP contribution in [0.15, 0.2) is 12.2 Å². The van der Waals surface area contributed by atoms with Crippen molar-refractivity contribution < 1.29 is 74.8 Å². The van der Waals surface area contributed by atoms with Crippen molar-refractivity contribution in [2.24, 2.45) is 5.92 Å². The number of amides is 1. The molecule has 0 saturated carbocycles. The van der Waals surface area contributed by atoms with Gasteiger partial charge >= 0.3 is 0 Å². The zero-order chi connectivity index (χ0) is 50.1. The SMILES string of the molecule is CCCCCCCCCCCCCCCCCCCC[C@@H](O)C(=O)N[C@@H](CO[C@@H]1O[C@H](CO[C@H]2O[C@H](CO)[C@H](O)[C@H](O)[C@H]2O)[C@@H](O)[C@H](O)[C@H]1O)[C@H](O)[C@H](O)/C=C/CCCCCCCCC(C)CC. The Morgan fingerprint density at radius 1 is 0.574 bits per heavy atom. The number of allylic oxidation sites excluding steroid dienone is 1. The molecule has 68 heavy (non-hydrogen) atoms. The Hall–Kier alpha value is -1.35. The fraction of sp³-hybridized carbons (Fsp3) is 0.942. The highest BCUT2D eigenvalue weighted by atomic mass is 16.7. The normalized spacial score (nSPS) is 27.8. The van der Waals surface area contributed by atoms with Crippen LogP contribution in [-0.4, -0.2) is 163 Å². The van der Waals surface area contributed by atoms with E-state index in [4.69, 9.17) is 18.9 Å². The molecule has 1 amide bonds. The van der Waals surface area contributed by atoms with Gasteiger partial charge in [-0.1, -0.05) is 193 Å². The van der Waals surface area contributed by atoms with Gasteiger partial charge < -0.3 is 75.3 Å². The second kappa shape index (κ2) is 38.3. The van der Waals surface area contributed by atoms with Crippen molar-refractivity contribution in [3.05, 3.63) is 12.2 Å². The summed E-state index contributed by atoms with van der Waals surface area (Å²) < 4.78 is 22.3. The number of aliphatic hydroxyl groups is 10. The molecule has 1 unspecified atom stereocenters. The van der Waals surface area contributed by atoms with Gasteiger partial charge in [-0.2, -0.15) is 0 Å². The third kappa shape index (κ3) is 25.3. The van der Waals surface area contributed by atoms with Gasteiger partial charge in [0.25, 0.3) is 0 Å². The molecule has 0 spiro atoms. The van der Waals surface area contributed by atoms with E-state index in [1.54, 1.807) is 6.08 Å². The maximum Gasteiger partial charge on any atom is 0.249 e. The summed E-state index contributed by atoms with van der Waals surface area (Å²) in [7, 11) is 0. The summed E-state index contributed by atoms with van der Waals surface area (Å²) in [5, 5.41) is 108. The monoisotopic (exact) mass is 978 g/mol. The van der Waals surface area contributed by atoms with Crippen molar-refractivity contribution in [2.75, 3.05) is 19.8 Å². The van der Waals surface area contributed by atoms with Crippen molar-refractivity contribution in [1.82, 2.24) is 5.32 Å². The topological polar surface area (TPSA) is 268 Å². The summed E-state index contributed by atoms with van der Waals surface area (Å²) >= 11 is 0. The van der Waals surface area contributed by atoms with Crippen LogP contribution in [0.4, 0.5) is 0 Å². The Balaban J connectivity index is 1.88. The van der Waals surface area contributed by atoms with Gasteiger partial charge in [-0.05, 0) is 25.2 Å². The molecule has 0 aliphatic carbocycles. The lowest BCUT2D eigenvalue weighted by atomic mass is 9.98. The van der Waals surface area contributed by atoms with Gasteiger partial charge in [0.2, 0.25) is 5.91 Å². The molecule has 0 aromatic rings. The first-order valence-electron chi connectivity index (χ1n) is 27.0. The van der Waals surface area contributed by atoms with Crippen molar-refractivity contribution >= 4 is 5.91 Å². The van der Waals surface area contributed by atoms with E-state index in [0.29, 0.717) is 12.8 Å². The zero-order valence-corrected chi connectivity index (χ0v) is 42.2. The first kappa shape index (κ1) is 62.8. The molecule has 16 nitrogen and oxygen atoms in total. The van der Waals surface area contributed by atoms with E-state index in [-0.39, 0.29) is 6.42 Å². The third-order valence-electron chi connectivity index (χ3n) is 14.0. The van der Waals surface area contributed by atoms with E-state index in [9.17, 15) is 55.9 Å². The molecule has 0 aromatic heterocycles. The summed E-state index contributed by atoms with van der Waals surface area (Å²) in [6.45, 7) is 4.92. The number of aliphatic hydroxyl groups excluding tert-OH is 10.